The van der Waals surface area contributed by atoms with Crippen LogP contribution in [-0.4, -0.2) is 42.0 Å². The summed E-state index contributed by atoms with van der Waals surface area (Å²) in [6.45, 7) is 2.09. The van der Waals surface area contributed by atoms with Crippen molar-refractivity contribution in [3.05, 3.63) is 96.6 Å². The van der Waals surface area contributed by atoms with E-state index in [2.05, 4.69) is 15.3 Å². The molecule has 0 bridgehead atoms. The lowest BCUT2D eigenvalue weighted by atomic mass is 10.0. The van der Waals surface area contributed by atoms with Crippen LogP contribution >= 0.6 is 11.3 Å². The summed E-state index contributed by atoms with van der Waals surface area (Å²) >= 11 is 1.45. The van der Waals surface area contributed by atoms with E-state index in [1.165, 1.54) is 28.4 Å². The summed E-state index contributed by atoms with van der Waals surface area (Å²) < 4.78 is 27.5. The molecule has 1 aliphatic rings. The monoisotopic (exact) mass is 611 g/mol. The van der Waals surface area contributed by atoms with Gasteiger partial charge >= 0.3 is 0 Å². The standard InChI is InChI=1S/C33H30FN5O4S/c1-42-16-15-36-19-21-7-9-25(38-20-21)29-18-26-30(44-29)28(11-14-37-26)43-27-10-8-23(17-24(27)34)39(22-5-3-2-4-6-22)32(41)33(12-13-33)31(35)40/h2-11,14,17-18,20,36H,12-13,15-16,19H2,1H3,(H2,35,40). The molecule has 1 saturated carbocycles. The highest BCUT2D eigenvalue weighted by Gasteiger charge is 2.57. The number of thiophene rings is 1. The van der Waals surface area contributed by atoms with E-state index in [-0.39, 0.29) is 11.4 Å². The Kier molecular flexibility index (Phi) is 8.34. The number of carbonyl (C=O) groups excluding carboxylic acids is 2. The number of ether oxygens (including phenoxy) is 2. The second-order valence-corrected chi connectivity index (χ2v) is 11.5. The molecule has 2 amide bonds. The van der Waals surface area contributed by atoms with Crippen LogP contribution in [0.1, 0.15) is 18.4 Å². The number of primary amides is 1. The number of amides is 2. The molecule has 224 valence electrons. The number of nitrogens with two attached hydrogens (primary N) is 1. The highest BCUT2D eigenvalue weighted by Crippen LogP contribution is 2.49. The Morgan fingerprint density at radius 2 is 1.84 bits per heavy atom. The molecule has 9 nitrogen and oxygen atoms in total. The highest BCUT2D eigenvalue weighted by atomic mass is 32.1. The Hall–Kier alpha value is -4.71. The van der Waals surface area contributed by atoms with Crippen molar-refractivity contribution in [3.8, 4) is 22.1 Å². The number of para-hydroxylation sites is 1. The fourth-order valence-corrected chi connectivity index (χ4v) is 5.94. The number of nitrogens with one attached hydrogen (secondary N) is 1. The average Bonchev–Trinajstić information content (AvgIpc) is 3.74. The summed E-state index contributed by atoms with van der Waals surface area (Å²) in [6.07, 6.45) is 4.16. The number of nitrogens with zero attached hydrogens (tertiary/aromatic N) is 3. The van der Waals surface area contributed by atoms with Gasteiger partial charge in [0.15, 0.2) is 11.6 Å². The van der Waals surface area contributed by atoms with E-state index >= 15 is 4.39 Å². The minimum absolute atomic E-state index is 0.0175. The van der Waals surface area contributed by atoms with Crippen molar-refractivity contribution in [2.24, 2.45) is 11.1 Å². The lowest BCUT2D eigenvalue weighted by molar-refractivity contribution is -0.133. The number of pyridine rings is 2. The van der Waals surface area contributed by atoms with E-state index in [1.807, 2.05) is 30.5 Å². The number of fused-ring (bicyclic) bond motifs is 1. The fourth-order valence-electron chi connectivity index (χ4n) is 4.90. The summed E-state index contributed by atoms with van der Waals surface area (Å²) in [5.41, 5.74) is 7.63. The Labute approximate surface area is 257 Å². The van der Waals surface area contributed by atoms with Gasteiger partial charge in [0, 0.05) is 50.4 Å². The van der Waals surface area contributed by atoms with E-state index in [0.29, 0.717) is 42.9 Å². The van der Waals surface area contributed by atoms with Gasteiger partial charge in [-0.15, -0.1) is 11.3 Å². The molecule has 0 radical (unpaired) electrons. The second-order valence-electron chi connectivity index (χ2n) is 10.5. The Morgan fingerprint density at radius 1 is 1.02 bits per heavy atom. The van der Waals surface area contributed by atoms with Crippen molar-refractivity contribution in [2.45, 2.75) is 19.4 Å². The number of methoxy groups -OCH3 is 1. The highest BCUT2D eigenvalue weighted by molar-refractivity contribution is 7.22. The van der Waals surface area contributed by atoms with Crippen LogP contribution in [0.5, 0.6) is 11.5 Å². The molecule has 44 heavy (non-hydrogen) atoms. The SMILES string of the molecule is COCCNCc1ccc(-c2cc3nccc(Oc4ccc(N(C(=O)C5(C(N)=O)CC5)c5ccccc5)cc4F)c3s2)nc1. The van der Waals surface area contributed by atoms with Crippen molar-refractivity contribution >= 4 is 44.7 Å². The minimum Gasteiger partial charge on any atom is -0.453 e. The molecule has 0 atom stereocenters. The molecule has 0 unspecified atom stereocenters. The van der Waals surface area contributed by atoms with E-state index in [9.17, 15) is 9.59 Å². The Bertz CT molecular complexity index is 1810. The van der Waals surface area contributed by atoms with Crippen LogP contribution in [-0.2, 0) is 20.9 Å². The quantitative estimate of drug-likeness (QED) is 0.132. The zero-order valence-corrected chi connectivity index (χ0v) is 24.8. The largest absolute Gasteiger partial charge is 0.453 e. The molecule has 3 N–H and O–H groups in total. The first-order valence-corrected chi connectivity index (χ1v) is 14.9. The van der Waals surface area contributed by atoms with Gasteiger partial charge in [-0.05, 0) is 54.8 Å². The molecule has 6 rings (SSSR count). The molecule has 3 heterocycles. The van der Waals surface area contributed by atoms with Crippen LogP contribution in [0.25, 0.3) is 20.8 Å². The molecule has 0 spiro atoms. The lowest BCUT2D eigenvalue weighted by Crippen LogP contribution is -2.41. The fraction of sp³-hybridized carbons (Fsp3) is 0.212. The van der Waals surface area contributed by atoms with Crippen LogP contribution in [0.15, 0.2) is 85.2 Å². The van der Waals surface area contributed by atoms with Gasteiger partial charge in [-0.25, -0.2) is 4.39 Å². The first kappa shape index (κ1) is 29.4. The van der Waals surface area contributed by atoms with E-state index in [1.54, 1.807) is 49.7 Å². The number of anilines is 2. The molecular weight excluding hydrogens is 581 g/mol. The summed E-state index contributed by atoms with van der Waals surface area (Å²) in [6, 6.07) is 20.7. The molecule has 0 aliphatic heterocycles. The van der Waals surface area contributed by atoms with Crippen molar-refractivity contribution in [3.63, 3.8) is 0 Å². The summed E-state index contributed by atoms with van der Waals surface area (Å²) in [7, 11) is 1.67. The number of hydrogen-bond acceptors (Lipinski definition) is 8. The van der Waals surface area contributed by atoms with Gasteiger partial charge in [-0.3, -0.25) is 24.5 Å². The van der Waals surface area contributed by atoms with Gasteiger partial charge in [-0.1, -0.05) is 24.3 Å². The van der Waals surface area contributed by atoms with Crippen LogP contribution in [0, 0.1) is 11.2 Å². The van der Waals surface area contributed by atoms with Gasteiger partial charge in [-0.2, -0.15) is 0 Å². The van der Waals surface area contributed by atoms with Crippen LogP contribution in [0.4, 0.5) is 15.8 Å². The van der Waals surface area contributed by atoms with Gasteiger partial charge in [0.1, 0.15) is 11.2 Å². The first-order valence-electron chi connectivity index (χ1n) is 14.1. The van der Waals surface area contributed by atoms with Crippen molar-refractivity contribution < 1.29 is 23.5 Å². The molecule has 3 aromatic heterocycles. The topological polar surface area (TPSA) is 120 Å². The number of benzene rings is 2. The minimum atomic E-state index is -1.28. The number of hydrogen-bond donors (Lipinski definition) is 2. The summed E-state index contributed by atoms with van der Waals surface area (Å²) in [5.74, 6) is -1.40. The number of carbonyl (C=O) groups is 2. The second kappa shape index (κ2) is 12.5. The third-order valence-electron chi connectivity index (χ3n) is 7.51. The number of halogens is 1. The molecular formula is C33H30FN5O4S. The summed E-state index contributed by atoms with van der Waals surface area (Å²) in [4.78, 5) is 37.0. The zero-order valence-electron chi connectivity index (χ0n) is 24.0. The van der Waals surface area contributed by atoms with Gasteiger partial charge in [0.25, 0.3) is 0 Å². The van der Waals surface area contributed by atoms with Gasteiger partial charge in [0.2, 0.25) is 11.8 Å². The maximum Gasteiger partial charge on any atom is 0.247 e. The van der Waals surface area contributed by atoms with Crippen LogP contribution in [0.3, 0.4) is 0 Å². The maximum absolute atomic E-state index is 15.6. The molecule has 5 aromatic rings. The molecule has 1 fully saturated rings. The lowest BCUT2D eigenvalue weighted by Gasteiger charge is -2.26. The molecule has 11 heteroatoms. The maximum atomic E-state index is 15.6. The third-order valence-corrected chi connectivity index (χ3v) is 8.67. The van der Waals surface area contributed by atoms with E-state index in [0.717, 1.165) is 27.4 Å². The predicted octanol–water partition coefficient (Wildman–Crippen LogP) is 5.96. The van der Waals surface area contributed by atoms with Crippen molar-refractivity contribution in [2.75, 3.05) is 25.2 Å². The average molecular weight is 612 g/mol. The van der Waals surface area contributed by atoms with Crippen LogP contribution in [0.2, 0.25) is 0 Å². The number of rotatable bonds is 12. The predicted molar refractivity (Wildman–Crippen MR) is 167 cm³/mol. The van der Waals surface area contributed by atoms with E-state index < -0.39 is 23.0 Å². The van der Waals surface area contributed by atoms with Gasteiger partial charge in [0.05, 0.1) is 33.1 Å². The van der Waals surface area contributed by atoms with Gasteiger partial charge < -0.3 is 20.5 Å². The number of aromatic nitrogens is 2. The third kappa shape index (κ3) is 5.89. The smallest absolute Gasteiger partial charge is 0.247 e. The van der Waals surface area contributed by atoms with E-state index in [4.69, 9.17) is 15.2 Å². The Morgan fingerprint density at radius 3 is 2.52 bits per heavy atom. The molecule has 2 aromatic carbocycles. The van der Waals surface area contributed by atoms with Crippen molar-refractivity contribution in [1.82, 2.24) is 15.3 Å². The molecule has 0 saturated heterocycles. The molecule has 1 aliphatic carbocycles. The van der Waals surface area contributed by atoms with Crippen LogP contribution < -0.4 is 20.7 Å². The Balaban J connectivity index is 1.25. The summed E-state index contributed by atoms with van der Waals surface area (Å²) in [5, 5.41) is 3.30. The first-order chi connectivity index (χ1) is 21.4. The normalized spacial score (nSPS) is 13.5. The zero-order chi connectivity index (χ0) is 30.7. The van der Waals surface area contributed by atoms with Crippen molar-refractivity contribution in [1.29, 1.82) is 0 Å².